The number of benzene rings is 3. The van der Waals surface area contributed by atoms with Crippen LogP contribution in [0, 0.1) is 11.5 Å². The van der Waals surface area contributed by atoms with E-state index in [-0.39, 0.29) is 16.5 Å². The second kappa shape index (κ2) is 13.5. The lowest BCUT2D eigenvalue weighted by atomic mass is 10.1. The minimum atomic E-state index is -5.30. The number of nitrogens with zero attached hydrogens (tertiary/aromatic N) is 6. The third-order valence-corrected chi connectivity index (χ3v) is 9.94. The van der Waals surface area contributed by atoms with E-state index < -0.39 is 102 Å². The number of azo groups is 1. The lowest BCUT2D eigenvalue weighted by Crippen LogP contribution is -2.15. The molecule has 0 radical (unpaired) electrons. The molecule has 4 aromatic rings. The van der Waals surface area contributed by atoms with Gasteiger partial charge in [-0.3, -0.25) is 19.0 Å². The van der Waals surface area contributed by atoms with Crippen molar-refractivity contribution in [1.82, 2.24) is 15.0 Å². The molecule has 0 fully saturated rings. The smallest absolute Gasteiger partial charge is 0.397 e. The van der Waals surface area contributed by atoms with Crippen molar-refractivity contribution in [2.75, 3.05) is 23.0 Å². The molecule has 21 nitrogen and oxygen atoms in total. The summed E-state index contributed by atoms with van der Waals surface area (Å²) in [5, 5.41) is 30.2. The summed E-state index contributed by atoms with van der Waals surface area (Å²) in [6, 6.07) is 6.86. The Hall–Kier alpha value is -4.65. The molecule has 0 bridgehead atoms. The van der Waals surface area contributed by atoms with Crippen molar-refractivity contribution in [1.29, 1.82) is 5.26 Å². The number of anilines is 3. The Labute approximate surface area is 275 Å². The molecule has 0 aliphatic carbocycles. The molecule has 0 aliphatic rings. The summed E-state index contributed by atoms with van der Waals surface area (Å²) in [5.41, 5.74) is -1.49. The first-order chi connectivity index (χ1) is 22.2. The van der Waals surface area contributed by atoms with Gasteiger partial charge in [-0.2, -0.15) is 50.6 Å². The minimum Gasteiger partial charge on any atom is -0.505 e. The molecule has 6 N–H and O–H groups in total. The van der Waals surface area contributed by atoms with E-state index in [1.54, 1.807) is 0 Å². The maximum Gasteiger partial charge on any atom is 0.397 e. The molecular weight excluding hydrogens is 748 g/mol. The predicted molar refractivity (Wildman–Crippen MR) is 163 cm³/mol. The second-order valence-electron chi connectivity index (χ2n) is 8.94. The van der Waals surface area contributed by atoms with Crippen LogP contribution in [0.3, 0.4) is 0 Å². The van der Waals surface area contributed by atoms with E-state index in [2.05, 4.69) is 40.0 Å². The van der Waals surface area contributed by atoms with Gasteiger partial charge in [0.15, 0.2) is 21.8 Å². The minimum absolute atomic E-state index is 0.122. The van der Waals surface area contributed by atoms with E-state index in [0.29, 0.717) is 6.07 Å². The summed E-state index contributed by atoms with van der Waals surface area (Å²) in [6.07, 6.45) is 1.53. The lowest BCUT2D eigenvalue weighted by Gasteiger charge is -2.15. The van der Waals surface area contributed by atoms with Crippen LogP contribution in [-0.4, -0.2) is 79.7 Å². The Kier molecular flexibility index (Phi) is 10.1. The fraction of sp³-hybridized carbons (Fsp3) is 0.0909. The zero-order valence-electron chi connectivity index (χ0n) is 23.1. The SMILES string of the molecule is N#CNc1nc(Cl)nc(Nc2ccc3c(O)c(N=Nc4ccc(S(=O)(=O)CCOS(=O)(=O)O)cc4)c(S(=O)(=O)O)cc3c2S(=O)(=O)O)n1. The van der Waals surface area contributed by atoms with E-state index in [1.165, 1.54) is 6.19 Å². The normalized spacial score (nSPS) is 12.6. The third-order valence-electron chi connectivity index (χ3n) is 5.79. The number of nitriles is 1. The molecule has 0 saturated carbocycles. The first-order valence-corrected chi connectivity index (χ1v) is 18.4. The number of rotatable bonds is 12. The molecule has 3 aromatic carbocycles. The predicted octanol–water partition coefficient (Wildman–Crippen LogP) is 2.52. The molecule has 0 saturated heterocycles. The van der Waals surface area contributed by atoms with Crippen molar-refractivity contribution in [3.8, 4) is 11.9 Å². The average molecular weight is 765 g/mol. The van der Waals surface area contributed by atoms with Gasteiger partial charge in [-0.1, -0.05) is 0 Å². The van der Waals surface area contributed by atoms with Crippen LogP contribution in [0.2, 0.25) is 5.28 Å². The lowest BCUT2D eigenvalue weighted by molar-refractivity contribution is 0.284. The second-order valence-corrected chi connectivity index (χ2v) is 15.2. The van der Waals surface area contributed by atoms with Gasteiger partial charge in [0.25, 0.3) is 20.2 Å². The van der Waals surface area contributed by atoms with Gasteiger partial charge in [-0.05, 0) is 54.1 Å². The van der Waals surface area contributed by atoms with E-state index in [0.717, 1.165) is 36.4 Å². The molecule has 0 amide bonds. The molecule has 0 aliphatic heterocycles. The molecule has 254 valence electrons. The summed E-state index contributed by atoms with van der Waals surface area (Å²) in [7, 11) is -19.5. The molecular formula is C22H17ClN8O13S4. The van der Waals surface area contributed by atoms with Gasteiger partial charge in [0.1, 0.15) is 15.5 Å². The first kappa shape index (κ1) is 36.2. The highest BCUT2D eigenvalue weighted by Crippen LogP contribution is 2.45. The van der Waals surface area contributed by atoms with Crippen molar-refractivity contribution < 1.29 is 56.6 Å². The Bertz CT molecular complexity index is 2460. The largest absolute Gasteiger partial charge is 0.505 e. The van der Waals surface area contributed by atoms with Crippen LogP contribution < -0.4 is 10.6 Å². The van der Waals surface area contributed by atoms with Crippen molar-refractivity contribution in [2.24, 2.45) is 10.2 Å². The van der Waals surface area contributed by atoms with E-state index in [9.17, 15) is 47.9 Å². The fourth-order valence-corrected chi connectivity index (χ4v) is 7.03. The number of sulfone groups is 1. The van der Waals surface area contributed by atoms with Crippen molar-refractivity contribution in [2.45, 2.75) is 14.7 Å². The molecule has 0 atom stereocenters. The monoisotopic (exact) mass is 764 g/mol. The average Bonchev–Trinajstić information content (AvgIpc) is 2.94. The molecule has 48 heavy (non-hydrogen) atoms. The van der Waals surface area contributed by atoms with Crippen molar-refractivity contribution in [3.05, 3.63) is 47.7 Å². The van der Waals surface area contributed by atoms with Gasteiger partial charge in [0.2, 0.25) is 17.2 Å². The van der Waals surface area contributed by atoms with Crippen LogP contribution in [0.4, 0.5) is 29.0 Å². The van der Waals surface area contributed by atoms with Gasteiger partial charge in [-0.15, -0.1) is 5.11 Å². The number of halogens is 1. The zero-order valence-corrected chi connectivity index (χ0v) is 27.1. The van der Waals surface area contributed by atoms with Crippen LogP contribution in [0.15, 0.2) is 67.4 Å². The summed E-state index contributed by atoms with van der Waals surface area (Å²) in [4.78, 5) is 8.62. The van der Waals surface area contributed by atoms with E-state index in [4.69, 9.17) is 21.4 Å². The van der Waals surface area contributed by atoms with Crippen molar-refractivity contribution in [3.63, 3.8) is 0 Å². The van der Waals surface area contributed by atoms with E-state index >= 15 is 0 Å². The van der Waals surface area contributed by atoms with Gasteiger partial charge in [0.05, 0.1) is 28.6 Å². The third kappa shape index (κ3) is 8.62. The van der Waals surface area contributed by atoms with E-state index in [1.807, 2.05) is 0 Å². The van der Waals surface area contributed by atoms with Crippen LogP contribution in [0.25, 0.3) is 10.8 Å². The molecule has 0 spiro atoms. The van der Waals surface area contributed by atoms with Gasteiger partial charge >= 0.3 is 10.4 Å². The fourth-order valence-electron chi connectivity index (χ4n) is 3.89. The highest BCUT2D eigenvalue weighted by Gasteiger charge is 2.28. The highest BCUT2D eigenvalue weighted by atomic mass is 35.5. The maximum absolute atomic E-state index is 12.5. The number of hydrogen-bond acceptors (Lipinski definition) is 18. The maximum atomic E-state index is 12.5. The van der Waals surface area contributed by atoms with Crippen molar-refractivity contribution >= 4 is 91.8 Å². The Morgan fingerprint density at radius 1 is 0.854 bits per heavy atom. The number of phenols is 1. The summed E-state index contributed by atoms with van der Waals surface area (Å²) in [5.74, 6) is -2.65. The Morgan fingerprint density at radius 2 is 1.50 bits per heavy atom. The zero-order chi connectivity index (χ0) is 35.7. The number of phenolic OH excluding ortho intramolecular Hbond substituents is 1. The van der Waals surface area contributed by atoms with Gasteiger partial charge in [-0.25, -0.2) is 12.6 Å². The molecule has 26 heteroatoms. The number of fused-ring (bicyclic) bond motifs is 1. The topological polar surface area (TPSA) is 338 Å². The number of aromatic hydroxyl groups is 1. The highest BCUT2D eigenvalue weighted by molar-refractivity contribution is 7.91. The van der Waals surface area contributed by atoms with Gasteiger partial charge < -0.3 is 10.4 Å². The number of hydrogen-bond donors (Lipinski definition) is 6. The first-order valence-electron chi connectivity index (χ1n) is 12.2. The van der Waals surface area contributed by atoms with Crippen LogP contribution in [-0.2, 0) is 44.7 Å². The quantitative estimate of drug-likeness (QED) is 0.0522. The Balaban J connectivity index is 1.79. The molecule has 4 rings (SSSR count). The summed E-state index contributed by atoms with van der Waals surface area (Å²) < 4.78 is 128. The summed E-state index contributed by atoms with van der Waals surface area (Å²) in [6.45, 7) is -0.883. The van der Waals surface area contributed by atoms with Crippen LogP contribution in [0.1, 0.15) is 0 Å². The standard InChI is InChI=1S/C22H17ClN8O13S4/c23-20-27-21(25-10-24)29-22(28-20)26-15-6-5-13-14(19(15)47(38,39)40)9-16(46(35,36)37)17(18(13)32)31-30-11-1-3-12(4-2-11)45(33,34)8-7-44-48(41,42)43/h1-6,9,32H,7-8H2,(H,35,36,37)(H,38,39,40)(H,41,42,43)(H2,25,26,27,28,29). The van der Waals surface area contributed by atoms with Crippen LogP contribution >= 0.6 is 11.6 Å². The number of nitrogens with one attached hydrogen (secondary N) is 2. The molecule has 0 unspecified atom stereocenters. The van der Waals surface area contributed by atoms with Crippen LogP contribution in [0.5, 0.6) is 5.75 Å². The summed E-state index contributed by atoms with van der Waals surface area (Å²) >= 11 is 5.80. The Morgan fingerprint density at radius 3 is 2.08 bits per heavy atom. The molecule has 1 aromatic heterocycles. The van der Waals surface area contributed by atoms with Gasteiger partial charge in [0, 0.05) is 10.8 Å². The molecule has 1 heterocycles. The number of aromatic nitrogens is 3.